The highest BCUT2D eigenvalue weighted by atomic mass is 32.2. The number of H-pyrrole nitrogens is 1. The zero-order valence-electron chi connectivity index (χ0n) is 15.4. The largest absolute Gasteiger partial charge is 0.460 e. The van der Waals surface area contributed by atoms with Gasteiger partial charge in [0.15, 0.2) is 0 Å². The first-order chi connectivity index (χ1) is 14.0. The second-order valence-corrected chi connectivity index (χ2v) is 7.80. The number of aromatic amines is 1. The summed E-state index contributed by atoms with van der Waals surface area (Å²) >= 11 is 0. The molecule has 0 saturated carbocycles. The first-order valence-electron chi connectivity index (χ1n) is 8.81. The highest BCUT2D eigenvalue weighted by molar-refractivity contribution is 7.92. The maximum atomic E-state index is 12.6. The van der Waals surface area contributed by atoms with E-state index in [1.54, 1.807) is 19.1 Å². The summed E-state index contributed by atoms with van der Waals surface area (Å²) < 4.78 is 37.5. The summed E-state index contributed by atoms with van der Waals surface area (Å²) in [6.45, 7) is 1.86. The quantitative estimate of drug-likeness (QED) is 0.467. The molecule has 0 radical (unpaired) electrons. The minimum Gasteiger partial charge on any atom is -0.460 e. The van der Waals surface area contributed by atoms with Crippen LogP contribution in [0.1, 0.15) is 17.5 Å². The molecule has 0 aliphatic rings. The van der Waals surface area contributed by atoms with Crippen molar-refractivity contribution in [3.63, 3.8) is 0 Å². The number of imidazole rings is 1. The molecule has 0 aliphatic heterocycles. The van der Waals surface area contributed by atoms with Gasteiger partial charge in [-0.25, -0.2) is 22.9 Å². The first kappa shape index (κ1) is 18.8. The van der Waals surface area contributed by atoms with Crippen LogP contribution in [0.3, 0.4) is 0 Å². The van der Waals surface area contributed by atoms with Gasteiger partial charge >= 0.3 is 5.97 Å². The summed E-state index contributed by atoms with van der Waals surface area (Å²) in [7, 11) is -3.89. The van der Waals surface area contributed by atoms with Gasteiger partial charge in [-0.1, -0.05) is 12.1 Å². The molecule has 2 heterocycles. The molecule has 4 rings (SSSR count). The second kappa shape index (κ2) is 7.44. The number of sulfonamides is 1. The molecule has 0 aliphatic carbocycles. The lowest BCUT2D eigenvalue weighted by molar-refractivity contribution is 0.0491. The number of esters is 1. The fourth-order valence-corrected chi connectivity index (χ4v) is 3.76. The number of furan rings is 1. The van der Waals surface area contributed by atoms with E-state index < -0.39 is 16.0 Å². The van der Waals surface area contributed by atoms with Crippen LogP contribution in [0.15, 0.2) is 70.0 Å². The van der Waals surface area contributed by atoms with Crippen molar-refractivity contribution in [2.24, 2.45) is 0 Å². The van der Waals surface area contributed by atoms with Gasteiger partial charge < -0.3 is 14.1 Å². The van der Waals surface area contributed by atoms with E-state index in [0.717, 1.165) is 16.6 Å². The van der Waals surface area contributed by atoms with Crippen LogP contribution in [0.5, 0.6) is 0 Å². The highest BCUT2D eigenvalue weighted by Crippen LogP contribution is 2.24. The molecule has 9 heteroatoms. The second-order valence-electron chi connectivity index (χ2n) is 6.12. The predicted octanol–water partition coefficient (Wildman–Crippen LogP) is 3.80. The number of aromatic nitrogens is 2. The third kappa shape index (κ3) is 3.85. The van der Waals surface area contributed by atoms with Gasteiger partial charge in [0.2, 0.25) is 11.6 Å². The predicted molar refractivity (Wildman–Crippen MR) is 107 cm³/mol. The Morgan fingerprint density at radius 3 is 2.59 bits per heavy atom. The maximum Gasteiger partial charge on any atom is 0.374 e. The van der Waals surface area contributed by atoms with Gasteiger partial charge in [-0.15, -0.1) is 0 Å². The van der Waals surface area contributed by atoms with Crippen molar-refractivity contribution in [2.45, 2.75) is 11.8 Å². The Bertz CT molecular complexity index is 1240. The Labute approximate surface area is 166 Å². The Morgan fingerprint density at radius 1 is 1.10 bits per heavy atom. The van der Waals surface area contributed by atoms with Gasteiger partial charge in [-0.3, -0.25) is 0 Å². The molecule has 2 aromatic carbocycles. The molecule has 8 nitrogen and oxygen atoms in total. The van der Waals surface area contributed by atoms with E-state index in [1.807, 2.05) is 24.3 Å². The summed E-state index contributed by atoms with van der Waals surface area (Å²) in [6, 6.07) is 16.6. The Kier molecular flexibility index (Phi) is 4.81. The molecule has 0 unspecified atom stereocenters. The maximum absolute atomic E-state index is 12.6. The van der Waals surface area contributed by atoms with Crippen LogP contribution >= 0.6 is 0 Å². The SMILES string of the molecule is CCOC(=O)c1ccc(NS(=O)(=O)c2ccc(-c3nc4ccccc4[nH]3)cc2)o1. The van der Waals surface area contributed by atoms with Crippen molar-refractivity contribution in [1.82, 2.24) is 9.97 Å². The van der Waals surface area contributed by atoms with Crippen molar-refractivity contribution in [2.75, 3.05) is 11.3 Å². The lowest BCUT2D eigenvalue weighted by Gasteiger charge is -2.06. The van der Waals surface area contributed by atoms with Gasteiger partial charge in [0.05, 0.1) is 22.5 Å². The summed E-state index contributed by atoms with van der Waals surface area (Å²) in [5, 5.41) is 0. The molecule has 0 saturated heterocycles. The summed E-state index contributed by atoms with van der Waals surface area (Å²) in [5.74, 6) is -0.166. The molecule has 29 heavy (non-hydrogen) atoms. The number of hydrogen-bond donors (Lipinski definition) is 2. The number of carbonyl (C=O) groups is 1. The zero-order chi connectivity index (χ0) is 20.4. The molecule has 0 spiro atoms. The number of para-hydroxylation sites is 2. The van der Waals surface area contributed by atoms with Crippen LogP contribution in [0.25, 0.3) is 22.4 Å². The minimum absolute atomic E-state index is 0.0476. The fourth-order valence-electron chi connectivity index (χ4n) is 2.78. The van der Waals surface area contributed by atoms with Crippen molar-refractivity contribution in [3.8, 4) is 11.4 Å². The summed E-state index contributed by atoms with van der Waals surface area (Å²) in [6.07, 6.45) is 0. The van der Waals surface area contributed by atoms with Crippen LogP contribution in [0.4, 0.5) is 5.88 Å². The number of carbonyl (C=O) groups excluding carboxylic acids is 1. The van der Waals surface area contributed by atoms with E-state index in [0.29, 0.717) is 5.82 Å². The van der Waals surface area contributed by atoms with E-state index in [4.69, 9.17) is 9.15 Å². The topological polar surface area (TPSA) is 114 Å². The zero-order valence-corrected chi connectivity index (χ0v) is 16.2. The van der Waals surface area contributed by atoms with E-state index in [1.165, 1.54) is 24.3 Å². The number of nitrogens with zero attached hydrogens (tertiary/aromatic N) is 1. The van der Waals surface area contributed by atoms with Gasteiger partial charge in [-0.2, -0.15) is 0 Å². The van der Waals surface area contributed by atoms with Crippen LogP contribution in [-0.2, 0) is 14.8 Å². The van der Waals surface area contributed by atoms with Crippen molar-refractivity contribution in [3.05, 3.63) is 66.4 Å². The standard InChI is InChI=1S/C20H17N3O5S/c1-2-27-20(24)17-11-12-18(28-17)23-29(25,26)14-9-7-13(8-10-14)19-21-15-5-3-4-6-16(15)22-19/h3-12,23H,2H2,1H3,(H,21,22). The smallest absolute Gasteiger partial charge is 0.374 e. The molecular formula is C20H17N3O5S. The molecule has 0 atom stereocenters. The Morgan fingerprint density at radius 2 is 1.86 bits per heavy atom. The highest BCUT2D eigenvalue weighted by Gasteiger charge is 2.19. The fraction of sp³-hybridized carbons (Fsp3) is 0.100. The van der Waals surface area contributed by atoms with Gasteiger partial charge in [0.1, 0.15) is 5.82 Å². The van der Waals surface area contributed by atoms with Gasteiger partial charge in [0.25, 0.3) is 10.0 Å². The molecule has 148 valence electrons. The molecule has 0 fully saturated rings. The van der Waals surface area contributed by atoms with E-state index >= 15 is 0 Å². The summed E-state index contributed by atoms with van der Waals surface area (Å²) in [4.78, 5) is 19.4. The molecule has 2 N–H and O–H groups in total. The number of nitrogens with one attached hydrogen (secondary N) is 2. The minimum atomic E-state index is -3.89. The number of hydrogen-bond acceptors (Lipinski definition) is 6. The number of rotatable bonds is 6. The molecule has 4 aromatic rings. The van der Waals surface area contributed by atoms with E-state index in [-0.39, 0.29) is 23.1 Å². The normalized spacial score (nSPS) is 11.5. The third-order valence-corrected chi connectivity index (χ3v) is 5.51. The monoisotopic (exact) mass is 411 g/mol. The Hall–Kier alpha value is -3.59. The molecule has 0 amide bonds. The van der Waals surface area contributed by atoms with E-state index in [9.17, 15) is 13.2 Å². The molecular weight excluding hydrogens is 394 g/mol. The first-order valence-corrected chi connectivity index (χ1v) is 10.3. The Balaban J connectivity index is 1.54. The van der Waals surface area contributed by atoms with Crippen molar-refractivity contribution in [1.29, 1.82) is 0 Å². The average molecular weight is 411 g/mol. The van der Waals surface area contributed by atoms with Gasteiger partial charge in [-0.05, 0) is 49.4 Å². The van der Waals surface area contributed by atoms with Crippen LogP contribution in [-0.4, -0.2) is 31.0 Å². The molecule has 0 bridgehead atoms. The number of benzene rings is 2. The van der Waals surface area contributed by atoms with Gasteiger partial charge in [0, 0.05) is 11.6 Å². The molecule has 2 aromatic heterocycles. The van der Waals surface area contributed by atoms with Crippen LogP contribution < -0.4 is 4.72 Å². The lowest BCUT2D eigenvalue weighted by atomic mass is 10.2. The average Bonchev–Trinajstić information content (AvgIpc) is 3.35. The number of fused-ring (bicyclic) bond motifs is 1. The number of ether oxygens (including phenoxy) is 1. The van der Waals surface area contributed by atoms with Crippen LogP contribution in [0, 0.1) is 0 Å². The lowest BCUT2D eigenvalue weighted by Crippen LogP contribution is -2.12. The number of anilines is 1. The summed E-state index contributed by atoms with van der Waals surface area (Å²) in [5.41, 5.74) is 2.48. The van der Waals surface area contributed by atoms with E-state index in [2.05, 4.69) is 14.7 Å². The third-order valence-electron chi connectivity index (χ3n) is 4.14. The van der Waals surface area contributed by atoms with Crippen LogP contribution in [0.2, 0.25) is 0 Å². The van der Waals surface area contributed by atoms with Crippen molar-refractivity contribution >= 4 is 32.9 Å². The van der Waals surface area contributed by atoms with Crippen molar-refractivity contribution < 1.29 is 22.4 Å².